The van der Waals surface area contributed by atoms with E-state index in [0.717, 1.165) is 11.1 Å². The number of hydrogen-bond donors (Lipinski definition) is 1. The van der Waals surface area contributed by atoms with Crippen molar-refractivity contribution in [3.63, 3.8) is 0 Å². The summed E-state index contributed by atoms with van der Waals surface area (Å²) in [6, 6.07) is 10.2. The minimum Gasteiger partial charge on any atom is -0.327 e. The first-order chi connectivity index (χ1) is 9.47. The Morgan fingerprint density at radius 2 is 1.80 bits per heavy atom. The molecule has 0 heterocycles. The van der Waals surface area contributed by atoms with E-state index >= 15 is 0 Å². The molecule has 2 aromatic rings. The normalized spacial score (nSPS) is 12.4. The molecule has 0 spiro atoms. The Hall–Kier alpha value is -0.610. The maximum Gasteiger partial charge on any atom is 0.137 e. The fourth-order valence-electron chi connectivity index (χ4n) is 2.03. The molecule has 1 nitrogen and oxygen atoms in total. The van der Waals surface area contributed by atoms with E-state index in [1.165, 1.54) is 6.07 Å². The molecule has 106 valence electrons. The quantitative estimate of drug-likeness (QED) is 0.797. The van der Waals surface area contributed by atoms with Gasteiger partial charge >= 0.3 is 0 Å². The number of rotatable bonds is 4. The predicted octanol–water partition coefficient (Wildman–Crippen LogP) is 5.01. The molecule has 0 aromatic heterocycles. The van der Waals surface area contributed by atoms with Gasteiger partial charge in [-0.25, -0.2) is 4.39 Å². The zero-order valence-electron chi connectivity index (χ0n) is 10.5. The fourth-order valence-corrected chi connectivity index (χ4v) is 2.94. The van der Waals surface area contributed by atoms with E-state index in [0.29, 0.717) is 27.4 Å². The van der Waals surface area contributed by atoms with Crippen LogP contribution in [0.2, 0.25) is 10.0 Å². The topological polar surface area (TPSA) is 26.0 Å². The number of nitrogens with two attached hydrogens (primary N) is 1. The van der Waals surface area contributed by atoms with Gasteiger partial charge in [-0.15, -0.1) is 0 Å². The Labute approximate surface area is 136 Å². The molecule has 2 aromatic carbocycles. The highest BCUT2D eigenvalue weighted by molar-refractivity contribution is 9.10. The van der Waals surface area contributed by atoms with Gasteiger partial charge in [0, 0.05) is 16.1 Å². The van der Waals surface area contributed by atoms with Gasteiger partial charge in [-0.3, -0.25) is 0 Å². The molecule has 1 unspecified atom stereocenters. The van der Waals surface area contributed by atoms with Crippen LogP contribution in [0.5, 0.6) is 0 Å². The van der Waals surface area contributed by atoms with E-state index in [-0.39, 0.29) is 11.9 Å². The first-order valence-corrected chi connectivity index (χ1v) is 7.64. The largest absolute Gasteiger partial charge is 0.327 e. The molecule has 0 aliphatic heterocycles. The van der Waals surface area contributed by atoms with Crippen molar-refractivity contribution >= 4 is 39.1 Å². The highest BCUT2D eigenvalue weighted by atomic mass is 79.9. The number of halogens is 4. The van der Waals surface area contributed by atoms with Crippen LogP contribution in [-0.2, 0) is 12.8 Å². The molecule has 0 fully saturated rings. The summed E-state index contributed by atoms with van der Waals surface area (Å²) in [5.41, 5.74) is 7.92. The van der Waals surface area contributed by atoms with Gasteiger partial charge < -0.3 is 5.73 Å². The molecule has 0 radical (unpaired) electrons. The molecule has 2 N–H and O–H groups in total. The van der Waals surface area contributed by atoms with E-state index in [1.54, 1.807) is 18.2 Å². The standard InChI is InChI=1S/C15H13BrCl2FN/c16-15-10(2-1-3-14(15)19)7-12(20)6-9-4-5-11(17)8-13(9)18/h1-5,8,12H,6-7,20H2. The third-order valence-electron chi connectivity index (χ3n) is 3.01. The average molecular weight is 377 g/mol. The molecule has 20 heavy (non-hydrogen) atoms. The molecule has 0 saturated carbocycles. The molecule has 2 rings (SSSR count). The molecule has 0 amide bonds. The smallest absolute Gasteiger partial charge is 0.137 e. The van der Waals surface area contributed by atoms with Gasteiger partial charge in [-0.2, -0.15) is 0 Å². The lowest BCUT2D eigenvalue weighted by atomic mass is 9.99. The molecule has 5 heteroatoms. The van der Waals surface area contributed by atoms with E-state index < -0.39 is 0 Å². The second-order valence-corrected chi connectivity index (χ2v) is 6.25. The van der Waals surface area contributed by atoms with Crippen molar-refractivity contribution in [2.24, 2.45) is 5.73 Å². The number of hydrogen-bond acceptors (Lipinski definition) is 1. The van der Waals surface area contributed by atoms with Crippen LogP contribution in [-0.4, -0.2) is 6.04 Å². The summed E-state index contributed by atoms with van der Waals surface area (Å²) in [5.74, 6) is -0.278. The van der Waals surface area contributed by atoms with Crippen molar-refractivity contribution < 1.29 is 4.39 Å². The minimum atomic E-state index is -0.278. The van der Waals surface area contributed by atoms with Crippen LogP contribution >= 0.6 is 39.1 Å². The SMILES string of the molecule is NC(Cc1ccc(Cl)cc1Cl)Cc1cccc(F)c1Br. The molecule has 0 saturated heterocycles. The van der Waals surface area contributed by atoms with Gasteiger partial charge in [-0.1, -0.05) is 41.4 Å². The Bertz CT molecular complexity index is 619. The van der Waals surface area contributed by atoms with E-state index in [9.17, 15) is 4.39 Å². The van der Waals surface area contributed by atoms with Gasteiger partial charge in [-0.05, 0) is 58.1 Å². The Balaban J connectivity index is 2.09. The summed E-state index contributed by atoms with van der Waals surface area (Å²) in [6.45, 7) is 0. The van der Waals surface area contributed by atoms with Crippen molar-refractivity contribution in [2.75, 3.05) is 0 Å². The van der Waals surface area contributed by atoms with Gasteiger partial charge in [0.05, 0.1) is 4.47 Å². The lowest BCUT2D eigenvalue weighted by Gasteiger charge is -2.14. The molecule has 1 atom stereocenters. The fraction of sp³-hybridized carbons (Fsp3) is 0.200. The van der Waals surface area contributed by atoms with E-state index in [4.69, 9.17) is 28.9 Å². The Morgan fingerprint density at radius 3 is 2.50 bits per heavy atom. The molecule has 0 aliphatic rings. The maximum absolute atomic E-state index is 13.4. The van der Waals surface area contributed by atoms with Crippen LogP contribution < -0.4 is 5.73 Å². The molecular weight excluding hydrogens is 364 g/mol. The monoisotopic (exact) mass is 375 g/mol. The van der Waals surface area contributed by atoms with Crippen molar-refractivity contribution in [1.82, 2.24) is 0 Å². The molecular formula is C15H13BrCl2FN. The summed E-state index contributed by atoms with van der Waals surface area (Å²) in [5, 5.41) is 1.20. The van der Waals surface area contributed by atoms with Crippen molar-refractivity contribution in [2.45, 2.75) is 18.9 Å². The highest BCUT2D eigenvalue weighted by Crippen LogP contribution is 2.24. The zero-order chi connectivity index (χ0) is 14.7. The van der Waals surface area contributed by atoms with Crippen LogP contribution in [0.25, 0.3) is 0 Å². The summed E-state index contributed by atoms with van der Waals surface area (Å²) < 4.78 is 13.9. The summed E-state index contributed by atoms with van der Waals surface area (Å²) in [7, 11) is 0. The zero-order valence-corrected chi connectivity index (χ0v) is 13.6. The average Bonchev–Trinajstić information content (AvgIpc) is 2.38. The van der Waals surface area contributed by atoms with Crippen molar-refractivity contribution in [3.05, 3.63) is 67.9 Å². The first kappa shape index (κ1) is 15.8. The van der Waals surface area contributed by atoms with Gasteiger partial charge in [0.15, 0.2) is 0 Å². The Kier molecular flexibility index (Phi) is 5.44. The van der Waals surface area contributed by atoms with E-state index in [1.807, 2.05) is 12.1 Å². The summed E-state index contributed by atoms with van der Waals surface area (Å²) in [4.78, 5) is 0. The van der Waals surface area contributed by atoms with Crippen molar-refractivity contribution in [1.29, 1.82) is 0 Å². The maximum atomic E-state index is 13.4. The lowest BCUT2D eigenvalue weighted by molar-refractivity contribution is 0.610. The van der Waals surface area contributed by atoms with Crippen molar-refractivity contribution in [3.8, 4) is 0 Å². The van der Waals surface area contributed by atoms with Crippen LogP contribution in [0.15, 0.2) is 40.9 Å². The minimum absolute atomic E-state index is 0.147. The van der Waals surface area contributed by atoms with Gasteiger partial charge in [0.1, 0.15) is 5.82 Å². The highest BCUT2D eigenvalue weighted by Gasteiger charge is 2.12. The van der Waals surface area contributed by atoms with E-state index in [2.05, 4.69) is 15.9 Å². The molecule has 0 aliphatic carbocycles. The van der Waals surface area contributed by atoms with Crippen LogP contribution in [0.4, 0.5) is 4.39 Å². The third kappa shape index (κ3) is 3.95. The number of benzene rings is 2. The van der Waals surface area contributed by atoms with Crippen LogP contribution in [0, 0.1) is 5.82 Å². The third-order valence-corrected chi connectivity index (χ3v) is 4.49. The second kappa shape index (κ2) is 6.90. The van der Waals surface area contributed by atoms with Gasteiger partial charge in [0.25, 0.3) is 0 Å². The Morgan fingerprint density at radius 1 is 1.10 bits per heavy atom. The first-order valence-electron chi connectivity index (χ1n) is 6.09. The summed E-state index contributed by atoms with van der Waals surface area (Å²) in [6.07, 6.45) is 1.18. The molecule has 0 bridgehead atoms. The van der Waals surface area contributed by atoms with Crippen LogP contribution in [0.1, 0.15) is 11.1 Å². The predicted molar refractivity (Wildman–Crippen MR) is 85.9 cm³/mol. The lowest BCUT2D eigenvalue weighted by Crippen LogP contribution is -2.26. The van der Waals surface area contributed by atoms with Crippen LogP contribution in [0.3, 0.4) is 0 Å². The van der Waals surface area contributed by atoms with Gasteiger partial charge in [0.2, 0.25) is 0 Å². The second-order valence-electron chi connectivity index (χ2n) is 4.62. The summed E-state index contributed by atoms with van der Waals surface area (Å²) >= 11 is 15.2.